The minimum absolute atomic E-state index is 0.0915. The maximum absolute atomic E-state index is 11.9. The third-order valence-electron chi connectivity index (χ3n) is 2.96. The number of benzene rings is 1. The van der Waals surface area contributed by atoms with E-state index in [1.165, 1.54) is 17.3 Å². The Bertz CT molecular complexity index is 607. The molecule has 4 nitrogen and oxygen atoms in total. The van der Waals surface area contributed by atoms with Crippen LogP contribution in [0.15, 0.2) is 41.8 Å². The third-order valence-corrected chi connectivity index (χ3v) is 4.03. The monoisotopic (exact) mass is 289 g/mol. The fourth-order valence-electron chi connectivity index (χ4n) is 1.92. The first kappa shape index (κ1) is 14.7. The lowest BCUT2D eigenvalue weighted by Crippen LogP contribution is -2.29. The maximum atomic E-state index is 11.9. The van der Waals surface area contributed by atoms with Crippen LogP contribution in [0, 0.1) is 6.92 Å². The molecule has 1 aromatic carbocycles. The second-order valence-electron chi connectivity index (χ2n) is 4.91. The molecular formula is C15H19N3OS. The summed E-state index contributed by atoms with van der Waals surface area (Å²) in [5.41, 5.74) is 2.26. The third kappa shape index (κ3) is 3.22. The van der Waals surface area contributed by atoms with E-state index in [4.69, 9.17) is 0 Å². The van der Waals surface area contributed by atoms with Gasteiger partial charge in [0.25, 0.3) is 0 Å². The van der Waals surface area contributed by atoms with Gasteiger partial charge in [-0.05, 0) is 31.5 Å². The van der Waals surface area contributed by atoms with E-state index < -0.39 is 0 Å². The largest absolute Gasteiger partial charge is 0.348 e. The molecule has 0 aliphatic carbocycles. The van der Waals surface area contributed by atoms with Crippen LogP contribution in [0.25, 0.3) is 5.69 Å². The number of carbonyl (C=O) groups excluding carboxylic acids is 1. The summed E-state index contributed by atoms with van der Waals surface area (Å²) in [5.74, 6) is 0.0915. The van der Waals surface area contributed by atoms with Gasteiger partial charge in [0, 0.05) is 32.2 Å². The number of carbonyl (C=O) groups is 1. The van der Waals surface area contributed by atoms with Gasteiger partial charge < -0.3 is 4.90 Å². The Labute approximate surface area is 123 Å². The number of thioether (sulfide) groups is 1. The molecule has 5 heteroatoms. The summed E-state index contributed by atoms with van der Waals surface area (Å²) in [6.45, 7) is 3.97. The molecule has 106 valence electrons. The van der Waals surface area contributed by atoms with Crippen molar-refractivity contribution in [2.45, 2.75) is 24.3 Å². The zero-order valence-corrected chi connectivity index (χ0v) is 13.0. The zero-order chi connectivity index (χ0) is 14.7. The average Bonchev–Trinajstić information content (AvgIpc) is 2.85. The van der Waals surface area contributed by atoms with E-state index >= 15 is 0 Å². The van der Waals surface area contributed by atoms with Gasteiger partial charge in [0.2, 0.25) is 5.91 Å². The molecule has 1 amide bonds. The highest BCUT2D eigenvalue weighted by Crippen LogP contribution is 2.25. The van der Waals surface area contributed by atoms with Gasteiger partial charge in [-0.25, -0.2) is 4.98 Å². The topological polar surface area (TPSA) is 38.1 Å². The molecule has 1 heterocycles. The van der Waals surface area contributed by atoms with Crippen molar-refractivity contribution < 1.29 is 4.79 Å². The number of hydrogen-bond donors (Lipinski definition) is 0. The number of nitrogens with zero attached hydrogens (tertiary/aromatic N) is 3. The number of amides is 1. The smallest absolute Gasteiger partial charge is 0.235 e. The molecule has 0 spiro atoms. The van der Waals surface area contributed by atoms with Crippen molar-refractivity contribution in [3.63, 3.8) is 0 Å². The lowest BCUT2D eigenvalue weighted by Gasteiger charge is -2.16. The van der Waals surface area contributed by atoms with Crippen molar-refractivity contribution in [2.24, 2.45) is 0 Å². The van der Waals surface area contributed by atoms with Crippen LogP contribution in [0.2, 0.25) is 0 Å². The Kier molecular flexibility index (Phi) is 4.49. The molecule has 0 aliphatic rings. The number of aromatic nitrogens is 2. The van der Waals surface area contributed by atoms with Crippen molar-refractivity contribution in [2.75, 3.05) is 14.1 Å². The zero-order valence-electron chi connectivity index (χ0n) is 12.2. The molecule has 0 saturated heterocycles. The SMILES string of the molecule is Cc1cccc(-n2ccnc2S[C@@H](C)C(=O)N(C)C)c1. The first-order chi connectivity index (χ1) is 9.49. The van der Waals surface area contributed by atoms with Crippen molar-refractivity contribution in [1.29, 1.82) is 0 Å². The minimum atomic E-state index is -0.157. The molecule has 0 saturated carbocycles. The van der Waals surface area contributed by atoms with Gasteiger partial charge >= 0.3 is 0 Å². The van der Waals surface area contributed by atoms with E-state index in [0.717, 1.165) is 10.8 Å². The first-order valence-corrected chi connectivity index (χ1v) is 7.35. The van der Waals surface area contributed by atoms with Crippen molar-refractivity contribution in [3.8, 4) is 5.69 Å². The molecule has 0 bridgehead atoms. The molecule has 20 heavy (non-hydrogen) atoms. The summed E-state index contributed by atoms with van der Waals surface area (Å²) < 4.78 is 2.01. The van der Waals surface area contributed by atoms with E-state index in [0.29, 0.717) is 0 Å². The standard InChI is InChI=1S/C15H19N3OS/c1-11-6-5-7-13(10-11)18-9-8-16-15(18)20-12(2)14(19)17(3)4/h5-10,12H,1-4H3/t12-/m0/s1. The second kappa shape index (κ2) is 6.13. The van der Waals surface area contributed by atoms with Gasteiger partial charge in [0.15, 0.2) is 5.16 Å². The highest BCUT2D eigenvalue weighted by Gasteiger charge is 2.19. The van der Waals surface area contributed by atoms with Crippen LogP contribution in [0.3, 0.4) is 0 Å². The van der Waals surface area contributed by atoms with Crippen LogP contribution in [-0.2, 0) is 4.79 Å². The predicted molar refractivity (Wildman–Crippen MR) is 82.3 cm³/mol. The number of aryl methyl sites for hydroxylation is 1. The summed E-state index contributed by atoms with van der Waals surface area (Å²) in [6, 6.07) is 8.22. The van der Waals surface area contributed by atoms with Crippen molar-refractivity contribution >= 4 is 17.7 Å². The molecule has 1 atom stereocenters. The number of hydrogen-bond acceptors (Lipinski definition) is 3. The van der Waals surface area contributed by atoms with Gasteiger partial charge in [-0.1, -0.05) is 23.9 Å². The van der Waals surface area contributed by atoms with Crippen LogP contribution in [0.5, 0.6) is 0 Å². The van der Waals surface area contributed by atoms with E-state index in [1.807, 2.05) is 29.8 Å². The average molecular weight is 289 g/mol. The van der Waals surface area contributed by atoms with Crippen LogP contribution in [0.1, 0.15) is 12.5 Å². The van der Waals surface area contributed by atoms with Gasteiger partial charge in [0.1, 0.15) is 0 Å². The van der Waals surface area contributed by atoms with Crippen LogP contribution >= 0.6 is 11.8 Å². The van der Waals surface area contributed by atoms with E-state index in [1.54, 1.807) is 25.2 Å². The molecule has 1 aromatic heterocycles. The highest BCUT2D eigenvalue weighted by atomic mass is 32.2. The summed E-state index contributed by atoms with van der Waals surface area (Å²) in [7, 11) is 3.54. The molecule has 0 aliphatic heterocycles. The molecule has 0 fully saturated rings. The Morgan fingerprint density at radius 2 is 2.15 bits per heavy atom. The van der Waals surface area contributed by atoms with Crippen LogP contribution < -0.4 is 0 Å². The lowest BCUT2D eigenvalue weighted by molar-refractivity contribution is -0.127. The molecule has 2 rings (SSSR count). The van der Waals surface area contributed by atoms with Crippen molar-refractivity contribution in [1.82, 2.24) is 14.5 Å². The van der Waals surface area contributed by atoms with E-state index in [2.05, 4.69) is 24.0 Å². The van der Waals surface area contributed by atoms with E-state index in [-0.39, 0.29) is 11.2 Å². The number of imidazole rings is 1. The number of rotatable bonds is 4. The molecule has 2 aromatic rings. The normalized spacial score (nSPS) is 12.2. The fourth-order valence-corrected chi connectivity index (χ4v) is 2.95. The fraction of sp³-hybridized carbons (Fsp3) is 0.333. The molecular weight excluding hydrogens is 270 g/mol. The quantitative estimate of drug-likeness (QED) is 0.812. The summed E-state index contributed by atoms with van der Waals surface area (Å²) in [5, 5.41) is 0.675. The first-order valence-electron chi connectivity index (χ1n) is 6.47. The summed E-state index contributed by atoms with van der Waals surface area (Å²) in [4.78, 5) is 17.9. The van der Waals surface area contributed by atoms with Gasteiger partial charge in [-0.15, -0.1) is 0 Å². The molecule has 0 radical (unpaired) electrons. The van der Waals surface area contributed by atoms with Crippen molar-refractivity contribution in [3.05, 3.63) is 42.2 Å². The van der Waals surface area contributed by atoms with Crippen LogP contribution in [-0.4, -0.2) is 39.7 Å². The van der Waals surface area contributed by atoms with Gasteiger partial charge in [-0.2, -0.15) is 0 Å². The highest BCUT2D eigenvalue weighted by molar-refractivity contribution is 8.00. The van der Waals surface area contributed by atoms with Gasteiger partial charge in [0.05, 0.1) is 5.25 Å². The Morgan fingerprint density at radius 3 is 2.80 bits per heavy atom. The second-order valence-corrected chi connectivity index (χ2v) is 6.22. The molecule has 0 unspecified atom stereocenters. The van der Waals surface area contributed by atoms with E-state index in [9.17, 15) is 4.79 Å². The minimum Gasteiger partial charge on any atom is -0.348 e. The predicted octanol–water partition coefficient (Wildman–Crippen LogP) is 2.75. The summed E-state index contributed by atoms with van der Waals surface area (Å²) >= 11 is 1.47. The Morgan fingerprint density at radius 1 is 1.40 bits per heavy atom. The van der Waals surface area contributed by atoms with Gasteiger partial charge in [-0.3, -0.25) is 9.36 Å². The lowest BCUT2D eigenvalue weighted by atomic mass is 10.2. The molecule has 0 N–H and O–H groups in total. The Balaban J connectivity index is 2.23. The van der Waals surface area contributed by atoms with Crippen LogP contribution in [0.4, 0.5) is 0 Å². The Hall–Kier alpha value is -1.75. The maximum Gasteiger partial charge on any atom is 0.235 e. The summed E-state index contributed by atoms with van der Waals surface area (Å²) in [6.07, 6.45) is 3.68.